The van der Waals surface area contributed by atoms with E-state index in [0.29, 0.717) is 12.6 Å². The average molecular weight is 388 g/mol. The van der Waals surface area contributed by atoms with Gasteiger partial charge in [-0.3, -0.25) is 4.90 Å². The predicted octanol–water partition coefficient (Wildman–Crippen LogP) is 3.29. The van der Waals surface area contributed by atoms with Crippen molar-refractivity contribution >= 4 is 9.84 Å². The number of sulfone groups is 1. The molecule has 2 aromatic rings. The Morgan fingerprint density at radius 3 is 2.67 bits per heavy atom. The molecule has 2 aliphatic rings. The van der Waals surface area contributed by atoms with Gasteiger partial charge in [0.05, 0.1) is 17.6 Å². The van der Waals surface area contributed by atoms with Crippen molar-refractivity contribution in [3.8, 4) is 0 Å². The van der Waals surface area contributed by atoms with Crippen LogP contribution in [-0.2, 0) is 29.3 Å². The number of likely N-dealkylation sites (tertiary alicyclic amines) is 1. The fourth-order valence-electron chi connectivity index (χ4n) is 4.65. The molecule has 0 unspecified atom stereocenters. The molecule has 1 saturated carbocycles. The number of piperidine rings is 1. The van der Waals surface area contributed by atoms with E-state index in [1.54, 1.807) is 13.1 Å². The normalized spacial score (nSPS) is 22.6. The Morgan fingerprint density at radius 2 is 2.00 bits per heavy atom. The fraction of sp³-hybridized carbons (Fsp3) is 0.571. The second-order valence-corrected chi connectivity index (χ2v) is 10.1. The van der Waals surface area contributed by atoms with Gasteiger partial charge in [-0.15, -0.1) is 0 Å². The molecule has 0 radical (unpaired) electrons. The lowest BCUT2D eigenvalue weighted by Gasteiger charge is -2.27. The molecule has 0 amide bonds. The minimum absolute atomic E-state index is 0.0938. The molecule has 4 rings (SSSR count). The van der Waals surface area contributed by atoms with E-state index < -0.39 is 9.84 Å². The maximum Gasteiger partial charge on any atom is 0.227 e. The summed E-state index contributed by atoms with van der Waals surface area (Å²) in [5.74, 6) is 0.930. The number of aromatic nitrogens is 2. The van der Waals surface area contributed by atoms with E-state index in [1.807, 2.05) is 22.8 Å². The number of nitrogens with zero attached hydrogens (tertiary/aromatic N) is 3. The molecule has 0 N–H and O–H groups in total. The number of aryl methyl sites for hydroxylation is 1. The van der Waals surface area contributed by atoms with Gasteiger partial charge in [-0.05, 0) is 43.6 Å². The van der Waals surface area contributed by atoms with Crippen molar-refractivity contribution in [3.05, 3.63) is 47.8 Å². The van der Waals surface area contributed by atoms with E-state index >= 15 is 0 Å². The van der Waals surface area contributed by atoms with Crippen LogP contribution >= 0.6 is 0 Å². The summed E-state index contributed by atoms with van der Waals surface area (Å²) in [6.07, 6.45) is 7.59. The number of fused-ring (bicyclic) bond motifs is 2. The van der Waals surface area contributed by atoms with E-state index in [2.05, 4.69) is 22.0 Å². The van der Waals surface area contributed by atoms with Crippen LogP contribution in [-0.4, -0.2) is 41.2 Å². The first kappa shape index (κ1) is 18.7. The Kier molecular flexibility index (Phi) is 5.37. The van der Waals surface area contributed by atoms with Crippen molar-refractivity contribution in [2.75, 3.05) is 12.3 Å². The topological polar surface area (TPSA) is 55.2 Å². The van der Waals surface area contributed by atoms with Gasteiger partial charge in [-0.1, -0.05) is 37.3 Å². The second kappa shape index (κ2) is 7.76. The van der Waals surface area contributed by atoms with Crippen molar-refractivity contribution in [1.29, 1.82) is 0 Å². The number of hydrogen-bond acceptors (Lipinski definition) is 4. The highest BCUT2D eigenvalue weighted by Gasteiger charge is 2.38. The zero-order chi connectivity index (χ0) is 18.9. The van der Waals surface area contributed by atoms with Gasteiger partial charge >= 0.3 is 0 Å². The Labute approximate surface area is 162 Å². The largest absolute Gasteiger partial charge is 0.318 e. The van der Waals surface area contributed by atoms with Gasteiger partial charge in [0.25, 0.3) is 0 Å². The highest BCUT2D eigenvalue weighted by molar-refractivity contribution is 7.91. The Balaban J connectivity index is 1.52. The van der Waals surface area contributed by atoms with Crippen LogP contribution < -0.4 is 0 Å². The number of rotatable bonds is 8. The van der Waals surface area contributed by atoms with Gasteiger partial charge in [0.15, 0.2) is 0 Å². The maximum atomic E-state index is 12.5. The first-order valence-electron chi connectivity index (χ1n) is 10.1. The molecule has 2 heterocycles. The first-order valence-corrected chi connectivity index (χ1v) is 11.8. The molecule has 0 spiro atoms. The van der Waals surface area contributed by atoms with Gasteiger partial charge in [0, 0.05) is 25.7 Å². The third-order valence-corrected chi connectivity index (χ3v) is 7.78. The number of imidazole rings is 1. The molecule has 146 valence electrons. The highest BCUT2D eigenvalue weighted by atomic mass is 32.2. The summed E-state index contributed by atoms with van der Waals surface area (Å²) in [6, 6.07) is 11.0. The molecule has 5 nitrogen and oxygen atoms in total. The molecule has 1 aromatic carbocycles. The fourth-order valence-corrected chi connectivity index (χ4v) is 5.66. The van der Waals surface area contributed by atoms with Gasteiger partial charge in [-0.2, -0.15) is 0 Å². The van der Waals surface area contributed by atoms with E-state index in [4.69, 9.17) is 0 Å². The lowest BCUT2D eigenvalue weighted by molar-refractivity contribution is 0.199. The molecule has 1 aliphatic heterocycles. The predicted molar refractivity (Wildman–Crippen MR) is 106 cm³/mol. The van der Waals surface area contributed by atoms with Gasteiger partial charge in [0.2, 0.25) is 15.0 Å². The summed E-state index contributed by atoms with van der Waals surface area (Å²) in [6.45, 7) is 4.35. The zero-order valence-electron chi connectivity index (χ0n) is 16.0. The molecule has 2 bridgehead atoms. The Hall–Kier alpha value is -1.66. The van der Waals surface area contributed by atoms with E-state index in [1.165, 1.54) is 24.8 Å². The van der Waals surface area contributed by atoms with Crippen LogP contribution in [0.4, 0.5) is 0 Å². The summed E-state index contributed by atoms with van der Waals surface area (Å²) in [5.41, 5.74) is 2.33. The summed E-state index contributed by atoms with van der Waals surface area (Å²) in [4.78, 5) is 6.87. The van der Waals surface area contributed by atoms with Crippen molar-refractivity contribution in [1.82, 2.24) is 14.5 Å². The zero-order valence-corrected chi connectivity index (χ0v) is 16.9. The Morgan fingerprint density at radius 1 is 1.19 bits per heavy atom. The molecule has 27 heavy (non-hydrogen) atoms. The smallest absolute Gasteiger partial charge is 0.227 e. The van der Waals surface area contributed by atoms with Crippen LogP contribution in [0.15, 0.2) is 41.7 Å². The van der Waals surface area contributed by atoms with Crippen molar-refractivity contribution < 1.29 is 8.42 Å². The quantitative estimate of drug-likeness (QED) is 0.697. The van der Waals surface area contributed by atoms with Crippen molar-refractivity contribution in [2.24, 2.45) is 5.92 Å². The summed E-state index contributed by atoms with van der Waals surface area (Å²) >= 11 is 0. The van der Waals surface area contributed by atoms with Crippen molar-refractivity contribution in [2.45, 2.75) is 63.3 Å². The Bertz CT molecular complexity index is 876. The van der Waals surface area contributed by atoms with Gasteiger partial charge < -0.3 is 4.57 Å². The lowest BCUT2D eigenvalue weighted by atomic mass is 10.1. The third-order valence-electron chi connectivity index (χ3n) is 6.14. The van der Waals surface area contributed by atoms with Crippen LogP contribution in [0.1, 0.15) is 43.9 Å². The van der Waals surface area contributed by atoms with Gasteiger partial charge in [0.1, 0.15) is 0 Å². The lowest BCUT2D eigenvalue weighted by Crippen LogP contribution is -2.32. The molecule has 1 aromatic heterocycles. The molecular weight excluding hydrogens is 358 g/mol. The highest BCUT2D eigenvalue weighted by Crippen LogP contribution is 2.38. The van der Waals surface area contributed by atoms with Crippen LogP contribution in [0.2, 0.25) is 0 Å². The SMILES string of the molecule is CCS(=O)(=O)c1ncc(CN2C[C@H]3CC[C@H]2C3)n1CCCc1ccccc1. The van der Waals surface area contributed by atoms with Crippen LogP contribution in [0, 0.1) is 5.92 Å². The maximum absolute atomic E-state index is 12.5. The summed E-state index contributed by atoms with van der Waals surface area (Å²) in [5, 5.41) is 0.248. The standard InChI is InChI=1S/C21H29N3O2S/c1-2-27(25,26)21-22-14-20(16-23-15-18-10-11-19(23)13-18)24(21)12-6-9-17-7-4-3-5-8-17/h3-5,7-8,14,18-19H,2,6,9-13,15-16H2,1H3/t18-,19-/m0/s1. The van der Waals surface area contributed by atoms with Crippen LogP contribution in [0.3, 0.4) is 0 Å². The third kappa shape index (κ3) is 3.97. The number of benzene rings is 1. The van der Waals surface area contributed by atoms with E-state index in [0.717, 1.165) is 37.5 Å². The van der Waals surface area contributed by atoms with Gasteiger partial charge in [-0.25, -0.2) is 13.4 Å². The number of hydrogen-bond donors (Lipinski definition) is 0. The van der Waals surface area contributed by atoms with Crippen molar-refractivity contribution in [3.63, 3.8) is 0 Å². The molecular formula is C21H29N3O2S. The monoisotopic (exact) mass is 387 g/mol. The van der Waals surface area contributed by atoms with Crippen LogP contribution in [0.25, 0.3) is 0 Å². The van der Waals surface area contributed by atoms with Crippen LogP contribution in [0.5, 0.6) is 0 Å². The molecule has 6 heteroatoms. The molecule has 2 fully saturated rings. The first-order chi connectivity index (χ1) is 13.1. The summed E-state index contributed by atoms with van der Waals surface area (Å²) in [7, 11) is -3.31. The minimum atomic E-state index is -3.31. The molecule has 1 aliphatic carbocycles. The summed E-state index contributed by atoms with van der Waals surface area (Å²) < 4.78 is 27.0. The molecule has 2 atom stereocenters. The molecule has 1 saturated heterocycles. The van der Waals surface area contributed by atoms with E-state index in [9.17, 15) is 8.42 Å². The van der Waals surface area contributed by atoms with E-state index in [-0.39, 0.29) is 10.9 Å². The average Bonchev–Trinajstić information content (AvgIpc) is 3.39. The second-order valence-electron chi connectivity index (χ2n) is 7.94. The minimum Gasteiger partial charge on any atom is -0.318 e.